The first-order chi connectivity index (χ1) is 9.17. The molecule has 0 radical (unpaired) electrons. The van der Waals surface area contributed by atoms with E-state index in [1.54, 1.807) is 4.68 Å². The lowest BCUT2D eigenvalue weighted by molar-refractivity contribution is 0.834. The van der Waals surface area contributed by atoms with E-state index in [1.807, 2.05) is 37.4 Å². The second kappa shape index (κ2) is 4.35. The van der Waals surface area contributed by atoms with Crippen molar-refractivity contribution in [2.24, 2.45) is 0 Å². The Morgan fingerprint density at radius 1 is 1.21 bits per heavy atom. The zero-order chi connectivity index (χ0) is 13.4. The number of fused-ring (bicyclic) bond motifs is 1. The second-order valence-electron chi connectivity index (χ2n) is 4.49. The Kier molecular flexibility index (Phi) is 2.67. The first-order valence-corrected chi connectivity index (χ1v) is 6.25. The third kappa shape index (κ3) is 2.03. The number of nitrogens with zero attached hydrogens (tertiary/aromatic N) is 4. The van der Waals surface area contributed by atoms with Crippen molar-refractivity contribution >= 4 is 16.6 Å². The molecule has 0 spiro atoms. The van der Waals surface area contributed by atoms with Crippen molar-refractivity contribution in [2.75, 3.05) is 5.73 Å². The van der Waals surface area contributed by atoms with Gasteiger partial charge >= 0.3 is 0 Å². The fraction of sp³-hybridized carbons (Fsp3) is 0.214. The van der Waals surface area contributed by atoms with Gasteiger partial charge in [0.2, 0.25) is 0 Å². The Bertz CT molecular complexity index is 745. The topological polar surface area (TPSA) is 69.6 Å². The van der Waals surface area contributed by atoms with Gasteiger partial charge in [0.1, 0.15) is 5.82 Å². The number of anilines is 1. The molecule has 0 saturated heterocycles. The van der Waals surface area contributed by atoms with Gasteiger partial charge in [-0.25, -0.2) is 14.6 Å². The highest BCUT2D eigenvalue weighted by Crippen LogP contribution is 2.20. The number of hydrogen-bond acceptors (Lipinski definition) is 4. The van der Waals surface area contributed by atoms with E-state index in [0.717, 1.165) is 40.3 Å². The normalized spacial score (nSPS) is 11.1. The van der Waals surface area contributed by atoms with E-state index in [9.17, 15) is 0 Å². The number of nitrogens with two attached hydrogens (primary N) is 1. The molecular formula is C14H15N5. The standard InChI is InChI=1S/C14H15N5/c1-3-12-7-14(18-9(2)17-12)19-13-6-11(15)5-4-10(13)8-16-19/h4-8H,3,15H2,1-2H3. The largest absolute Gasteiger partial charge is 0.399 e. The van der Waals surface area contributed by atoms with Crippen LogP contribution < -0.4 is 5.73 Å². The number of aryl methyl sites for hydroxylation is 2. The summed E-state index contributed by atoms with van der Waals surface area (Å²) in [6, 6.07) is 7.70. The molecule has 0 bridgehead atoms. The van der Waals surface area contributed by atoms with Gasteiger partial charge in [-0.15, -0.1) is 0 Å². The summed E-state index contributed by atoms with van der Waals surface area (Å²) in [5.41, 5.74) is 8.53. The maximum Gasteiger partial charge on any atom is 0.157 e. The SMILES string of the molecule is CCc1cc(-n2ncc3ccc(N)cc32)nc(C)n1. The third-order valence-electron chi connectivity index (χ3n) is 3.05. The predicted molar refractivity (Wildman–Crippen MR) is 75.2 cm³/mol. The lowest BCUT2D eigenvalue weighted by atomic mass is 10.2. The van der Waals surface area contributed by atoms with Crippen LogP contribution >= 0.6 is 0 Å². The Morgan fingerprint density at radius 3 is 2.84 bits per heavy atom. The van der Waals surface area contributed by atoms with Crippen LogP contribution in [-0.2, 0) is 6.42 Å². The van der Waals surface area contributed by atoms with E-state index in [-0.39, 0.29) is 0 Å². The molecule has 1 aromatic carbocycles. The zero-order valence-corrected chi connectivity index (χ0v) is 11.0. The summed E-state index contributed by atoms with van der Waals surface area (Å²) in [5.74, 6) is 1.53. The van der Waals surface area contributed by atoms with Gasteiger partial charge in [0.25, 0.3) is 0 Å². The van der Waals surface area contributed by atoms with Crippen molar-refractivity contribution in [1.29, 1.82) is 0 Å². The molecule has 2 heterocycles. The molecule has 19 heavy (non-hydrogen) atoms. The number of rotatable bonds is 2. The average Bonchev–Trinajstić information content (AvgIpc) is 2.80. The lowest BCUT2D eigenvalue weighted by Gasteiger charge is -2.06. The molecule has 5 nitrogen and oxygen atoms in total. The molecule has 2 aromatic heterocycles. The summed E-state index contributed by atoms with van der Waals surface area (Å²) in [5, 5.41) is 5.44. The molecular weight excluding hydrogens is 238 g/mol. The molecule has 0 amide bonds. The van der Waals surface area contributed by atoms with Crippen LogP contribution in [0.1, 0.15) is 18.4 Å². The minimum Gasteiger partial charge on any atom is -0.399 e. The van der Waals surface area contributed by atoms with Gasteiger partial charge < -0.3 is 5.73 Å². The first kappa shape index (κ1) is 11.6. The van der Waals surface area contributed by atoms with Crippen molar-refractivity contribution in [1.82, 2.24) is 19.7 Å². The Hall–Kier alpha value is -2.43. The molecule has 0 fully saturated rings. The number of nitrogen functional groups attached to an aromatic ring is 1. The molecule has 0 aliphatic rings. The third-order valence-corrected chi connectivity index (χ3v) is 3.05. The van der Waals surface area contributed by atoms with Gasteiger partial charge in [-0.2, -0.15) is 5.10 Å². The molecule has 5 heteroatoms. The van der Waals surface area contributed by atoms with Gasteiger partial charge in [-0.05, 0) is 31.5 Å². The molecule has 0 aliphatic heterocycles. The maximum atomic E-state index is 5.84. The Morgan fingerprint density at radius 2 is 2.05 bits per heavy atom. The van der Waals surface area contributed by atoms with E-state index < -0.39 is 0 Å². The summed E-state index contributed by atoms with van der Waals surface area (Å²) in [4.78, 5) is 8.84. The highest BCUT2D eigenvalue weighted by atomic mass is 15.3. The molecule has 96 valence electrons. The van der Waals surface area contributed by atoms with Crippen molar-refractivity contribution in [2.45, 2.75) is 20.3 Å². The summed E-state index contributed by atoms with van der Waals surface area (Å²) in [6.07, 6.45) is 2.69. The zero-order valence-electron chi connectivity index (χ0n) is 11.0. The quantitative estimate of drug-likeness (QED) is 0.711. The van der Waals surface area contributed by atoms with Crippen LogP contribution in [0.2, 0.25) is 0 Å². The number of benzene rings is 1. The van der Waals surface area contributed by atoms with Gasteiger partial charge in [0, 0.05) is 22.8 Å². The second-order valence-corrected chi connectivity index (χ2v) is 4.49. The summed E-state index contributed by atoms with van der Waals surface area (Å²) in [6.45, 7) is 3.97. The van der Waals surface area contributed by atoms with Crippen LogP contribution in [0.15, 0.2) is 30.5 Å². The van der Waals surface area contributed by atoms with Crippen LogP contribution in [0, 0.1) is 6.92 Å². The average molecular weight is 253 g/mol. The summed E-state index contributed by atoms with van der Waals surface area (Å²) in [7, 11) is 0. The summed E-state index contributed by atoms with van der Waals surface area (Å²) < 4.78 is 1.81. The van der Waals surface area contributed by atoms with Gasteiger partial charge in [0.05, 0.1) is 11.7 Å². The monoisotopic (exact) mass is 253 g/mol. The minimum absolute atomic E-state index is 0.718. The van der Waals surface area contributed by atoms with E-state index in [2.05, 4.69) is 22.0 Å². The predicted octanol–water partition coefficient (Wildman–Crippen LogP) is 2.27. The van der Waals surface area contributed by atoms with E-state index in [1.165, 1.54) is 0 Å². The molecule has 3 rings (SSSR count). The molecule has 0 atom stereocenters. The van der Waals surface area contributed by atoms with Crippen LogP contribution in [0.4, 0.5) is 5.69 Å². The molecule has 3 aromatic rings. The van der Waals surface area contributed by atoms with E-state index >= 15 is 0 Å². The maximum absolute atomic E-state index is 5.84. The van der Waals surface area contributed by atoms with Crippen LogP contribution in [0.25, 0.3) is 16.7 Å². The van der Waals surface area contributed by atoms with E-state index in [4.69, 9.17) is 5.73 Å². The number of aromatic nitrogens is 4. The fourth-order valence-corrected chi connectivity index (χ4v) is 2.12. The van der Waals surface area contributed by atoms with Crippen LogP contribution in [-0.4, -0.2) is 19.7 Å². The van der Waals surface area contributed by atoms with Crippen LogP contribution in [0.5, 0.6) is 0 Å². The van der Waals surface area contributed by atoms with Crippen molar-refractivity contribution < 1.29 is 0 Å². The molecule has 0 saturated carbocycles. The Balaban J connectivity index is 2.24. The smallest absolute Gasteiger partial charge is 0.157 e. The first-order valence-electron chi connectivity index (χ1n) is 6.25. The van der Waals surface area contributed by atoms with Gasteiger partial charge in [-0.3, -0.25) is 0 Å². The lowest BCUT2D eigenvalue weighted by Crippen LogP contribution is -2.04. The van der Waals surface area contributed by atoms with Gasteiger partial charge in [0.15, 0.2) is 5.82 Å². The highest BCUT2D eigenvalue weighted by molar-refractivity contribution is 5.83. The van der Waals surface area contributed by atoms with Crippen molar-refractivity contribution in [3.8, 4) is 5.82 Å². The minimum atomic E-state index is 0.718. The van der Waals surface area contributed by atoms with Crippen molar-refractivity contribution in [3.63, 3.8) is 0 Å². The molecule has 2 N–H and O–H groups in total. The molecule has 0 aliphatic carbocycles. The summed E-state index contributed by atoms with van der Waals surface area (Å²) >= 11 is 0. The highest BCUT2D eigenvalue weighted by Gasteiger charge is 2.08. The van der Waals surface area contributed by atoms with Crippen LogP contribution in [0.3, 0.4) is 0 Å². The van der Waals surface area contributed by atoms with E-state index in [0.29, 0.717) is 0 Å². The fourth-order valence-electron chi connectivity index (χ4n) is 2.12. The Labute approximate surface area is 111 Å². The van der Waals surface area contributed by atoms with Crippen molar-refractivity contribution in [3.05, 3.63) is 42.0 Å². The van der Waals surface area contributed by atoms with Gasteiger partial charge in [-0.1, -0.05) is 6.92 Å². The molecule has 0 unspecified atom stereocenters. The number of hydrogen-bond donors (Lipinski definition) is 1.